The van der Waals surface area contributed by atoms with Crippen LogP contribution in [-0.4, -0.2) is 43.3 Å². The standard InChI is InChI=1S/C15H19F3N2O2/c1-22-13-7-3-2-5-11(13)9-12-6-4-8-20(12)14(21)19-10-15(16,17)18/h2-3,5,7,12H,4,6,8-10H2,1H3,(H,19,21)/t12-/m0/s1. The van der Waals surface area contributed by atoms with E-state index in [1.165, 1.54) is 4.90 Å². The minimum absolute atomic E-state index is 0.107. The number of benzene rings is 1. The number of halogens is 3. The van der Waals surface area contributed by atoms with E-state index >= 15 is 0 Å². The van der Waals surface area contributed by atoms with Gasteiger partial charge in [-0.05, 0) is 30.9 Å². The average molecular weight is 316 g/mol. The van der Waals surface area contributed by atoms with Crippen LogP contribution in [0, 0.1) is 0 Å². The van der Waals surface area contributed by atoms with Crippen molar-refractivity contribution in [2.75, 3.05) is 20.2 Å². The van der Waals surface area contributed by atoms with Crippen LogP contribution in [0.2, 0.25) is 0 Å². The Bertz CT molecular complexity index is 520. The van der Waals surface area contributed by atoms with Crippen molar-refractivity contribution in [3.63, 3.8) is 0 Å². The number of nitrogens with one attached hydrogen (secondary N) is 1. The number of rotatable bonds is 4. The van der Waals surface area contributed by atoms with Crippen LogP contribution in [0.25, 0.3) is 0 Å². The van der Waals surface area contributed by atoms with Crippen LogP contribution in [0.1, 0.15) is 18.4 Å². The SMILES string of the molecule is COc1ccccc1C[C@@H]1CCCN1C(=O)NCC(F)(F)F. The Morgan fingerprint density at radius 3 is 2.82 bits per heavy atom. The molecular weight excluding hydrogens is 297 g/mol. The molecule has 2 amide bonds. The molecular formula is C15H19F3N2O2. The zero-order valence-corrected chi connectivity index (χ0v) is 12.3. The summed E-state index contributed by atoms with van der Waals surface area (Å²) in [7, 11) is 1.57. The number of carbonyl (C=O) groups excluding carboxylic acids is 1. The second-order valence-electron chi connectivity index (χ2n) is 5.28. The number of nitrogens with zero attached hydrogens (tertiary/aromatic N) is 1. The summed E-state index contributed by atoms with van der Waals surface area (Å²) in [6.45, 7) is -0.826. The molecule has 0 spiro atoms. The lowest BCUT2D eigenvalue weighted by Gasteiger charge is -2.26. The number of para-hydroxylation sites is 1. The molecule has 1 aromatic rings. The third-order valence-corrected chi connectivity index (χ3v) is 3.73. The molecule has 0 aliphatic carbocycles. The number of methoxy groups -OCH3 is 1. The topological polar surface area (TPSA) is 41.6 Å². The molecule has 1 aliphatic heterocycles. The van der Waals surface area contributed by atoms with E-state index in [2.05, 4.69) is 0 Å². The maximum Gasteiger partial charge on any atom is 0.405 e. The van der Waals surface area contributed by atoms with E-state index in [1.807, 2.05) is 29.6 Å². The molecule has 0 aromatic heterocycles. The van der Waals surface area contributed by atoms with Crippen LogP contribution < -0.4 is 10.1 Å². The maximum absolute atomic E-state index is 12.2. The van der Waals surface area contributed by atoms with Gasteiger partial charge in [-0.1, -0.05) is 18.2 Å². The van der Waals surface area contributed by atoms with E-state index in [0.29, 0.717) is 13.0 Å². The minimum Gasteiger partial charge on any atom is -0.496 e. The molecule has 1 heterocycles. The van der Waals surface area contributed by atoms with Crippen molar-refractivity contribution in [1.82, 2.24) is 10.2 Å². The molecule has 4 nitrogen and oxygen atoms in total. The fourth-order valence-corrected chi connectivity index (χ4v) is 2.72. The molecule has 1 saturated heterocycles. The highest BCUT2D eigenvalue weighted by Gasteiger charge is 2.33. The summed E-state index contributed by atoms with van der Waals surface area (Å²) in [6.07, 6.45) is -2.26. The molecule has 0 unspecified atom stereocenters. The summed E-state index contributed by atoms with van der Waals surface area (Å²) in [5, 5.41) is 1.94. The van der Waals surface area contributed by atoms with Crippen molar-refractivity contribution in [3.8, 4) is 5.75 Å². The number of urea groups is 1. The number of alkyl halides is 3. The summed E-state index contributed by atoms with van der Waals surface area (Å²) in [6, 6.07) is 6.70. The molecule has 22 heavy (non-hydrogen) atoms. The van der Waals surface area contributed by atoms with Gasteiger partial charge in [0, 0.05) is 12.6 Å². The molecule has 1 N–H and O–H groups in total. The van der Waals surface area contributed by atoms with Crippen LogP contribution in [0.5, 0.6) is 5.75 Å². The molecule has 122 valence electrons. The Balaban J connectivity index is 2.00. The van der Waals surface area contributed by atoms with Gasteiger partial charge < -0.3 is 15.0 Å². The Morgan fingerprint density at radius 1 is 1.41 bits per heavy atom. The summed E-state index contributed by atoms with van der Waals surface area (Å²) in [4.78, 5) is 13.4. The van der Waals surface area contributed by atoms with Gasteiger partial charge in [-0.25, -0.2) is 4.79 Å². The highest BCUT2D eigenvalue weighted by molar-refractivity contribution is 5.75. The van der Waals surface area contributed by atoms with Crippen molar-refractivity contribution in [3.05, 3.63) is 29.8 Å². The number of ether oxygens (including phenoxy) is 1. The zero-order valence-electron chi connectivity index (χ0n) is 12.3. The fourth-order valence-electron chi connectivity index (χ4n) is 2.72. The minimum atomic E-state index is -4.40. The smallest absolute Gasteiger partial charge is 0.405 e. The molecule has 0 bridgehead atoms. The first-order chi connectivity index (χ1) is 10.4. The van der Waals surface area contributed by atoms with Crippen molar-refractivity contribution in [2.45, 2.75) is 31.5 Å². The number of carbonyl (C=O) groups is 1. The number of hydrogen-bond acceptors (Lipinski definition) is 2. The maximum atomic E-state index is 12.2. The van der Waals surface area contributed by atoms with E-state index in [4.69, 9.17) is 4.74 Å². The highest BCUT2D eigenvalue weighted by Crippen LogP contribution is 2.26. The van der Waals surface area contributed by atoms with Gasteiger partial charge in [0.05, 0.1) is 7.11 Å². The molecule has 0 saturated carbocycles. The van der Waals surface area contributed by atoms with E-state index in [-0.39, 0.29) is 6.04 Å². The number of amides is 2. The molecule has 2 rings (SSSR count). The Labute approximate surface area is 127 Å². The predicted molar refractivity (Wildman–Crippen MR) is 75.9 cm³/mol. The summed E-state index contributed by atoms with van der Waals surface area (Å²) >= 11 is 0. The van der Waals surface area contributed by atoms with Crippen molar-refractivity contribution >= 4 is 6.03 Å². The highest BCUT2D eigenvalue weighted by atomic mass is 19.4. The van der Waals surface area contributed by atoms with Crippen molar-refractivity contribution in [1.29, 1.82) is 0 Å². The van der Waals surface area contributed by atoms with E-state index in [1.54, 1.807) is 7.11 Å². The predicted octanol–water partition coefficient (Wildman–Crippen LogP) is 2.97. The first kappa shape index (κ1) is 16.5. The lowest BCUT2D eigenvalue weighted by molar-refractivity contribution is -0.123. The quantitative estimate of drug-likeness (QED) is 0.928. The lowest BCUT2D eigenvalue weighted by atomic mass is 10.0. The fraction of sp³-hybridized carbons (Fsp3) is 0.533. The van der Waals surface area contributed by atoms with Gasteiger partial charge in [-0.15, -0.1) is 0 Å². The van der Waals surface area contributed by atoms with Crippen molar-refractivity contribution in [2.24, 2.45) is 0 Å². The van der Waals surface area contributed by atoms with Gasteiger partial charge in [0.1, 0.15) is 12.3 Å². The van der Waals surface area contributed by atoms with Gasteiger partial charge in [-0.2, -0.15) is 13.2 Å². The van der Waals surface area contributed by atoms with Crippen molar-refractivity contribution < 1.29 is 22.7 Å². The van der Waals surface area contributed by atoms with E-state index in [0.717, 1.165) is 24.2 Å². The number of likely N-dealkylation sites (tertiary alicyclic amines) is 1. The summed E-state index contributed by atoms with van der Waals surface area (Å²) in [5.41, 5.74) is 0.950. The first-order valence-corrected chi connectivity index (χ1v) is 7.14. The zero-order chi connectivity index (χ0) is 16.2. The van der Waals surface area contributed by atoms with E-state index in [9.17, 15) is 18.0 Å². The molecule has 1 aliphatic rings. The largest absolute Gasteiger partial charge is 0.496 e. The van der Waals surface area contributed by atoms with Gasteiger partial charge >= 0.3 is 12.2 Å². The molecule has 7 heteroatoms. The summed E-state index contributed by atoms with van der Waals surface area (Å²) < 4.78 is 41.9. The molecule has 1 fully saturated rings. The second kappa shape index (κ2) is 6.89. The third kappa shape index (κ3) is 4.29. The third-order valence-electron chi connectivity index (χ3n) is 3.73. The van der Waals surface area contributed by atoms with E-state index < -0.39 is 18.8 Å². The van der Waals surface area contributed by atoms with Crippen LogP contribution >= 0.6 is 0 Å². The Kier molecular flexibility index (Phi) is 5.15. The first-order valence-electron chi connectivity index (χ1n) is 7.14. The van der Waals surface area contributed by atoms with Crippen LogP contribution in [0.15, 0.2) is 24.3 Å². The summed E-state index contributed by atoms with van der Waals surface area (Å²) in [5.74, 6) is 0.727. The Hall–Kier alpha value is -1.92. The van der Waals surface area contributed by atoms with Gasteiger partial charge in [0.2, 0.25) is 0 Å². The van der Waals surface area contributed by atoms with Gasteiger partial charge in [0.15, 0.2) is 0 Å². The van der Waals surface area contributed by atoms with Crippen LogP contribution in [-0.2, 0) is 6.42 Å². The molecule has 1 atom stereocenters. The average Bonchev–Trinajstić information content (AvgIpc) is 2.93. The second-order valence-corrected chi connectivity index (χ2v) is 5.28. The number of hydrogen-bond donors (Lipinski definition) is 1. The molecule has 0 radical (unpaired) electrons. The van der Waals surface area contributed by atoms with Crippen LogP contribution in [0.3, 0.4) is 0 Å². The lowest BCUT2D eigenvalue weighted by Crippen LogP contribution is -2.46. The molecule has 1 aromatic carbocycles. The van der Waals surface area contributed by atoms with Crippen LogP contribution in [0.4, 0.5) is 18.0 Å². The Morgan fingerprint density at radius 2 is 2.14 bits per heavy atom. The normalized spacial score (nSPS) is 18.4. The monoisotopic (exact) mass is 316 g/mol. The van der Waals surface area contributed by atoms with Gasteiger partial charge in [-0.3, -0.25) is 0 Å². The van der Waals surface area contributed by atoms with Gasteiger partial charge in [0.25, 0.3) is 0 Å².